The van der Waals surface area contributed by atoms with E-state index in [1.54, 1.807) is 30.3 Å². The molecule has 6 N–H and O–H groups in total. The second kappa shape index (κ2) is 9.88. The molecule has 0 saturated carbocycles. The van der Waals surface area contributed by atoms with Crippen molar-refractivity contribution in [3.8, 4) is 11.5 Å². The van der Waals surface area contributed by atoms with Gasteiger partial charge >= 0.3 is 6.03 Å². The lowest BCUT2D eigenvalue weighted by Gasteiger charge is -2.15. The number of nitrogens with two attached hydrogens (primary N) is 1. The average Bonchev–Trinajstić information content (AvgIpc) is 2.77. The van der Waals surface area contributed by atoms with Crippen molar-refractivity contribution < 1.29 is 14.3 Å². The molecule has 32 heavy (non-hydrogen) atoms. The number of carbonyl (C=O) groups is 2. The normalized spacial score (nSPS) is 10.2. The van der Waals surface area contributed by atoms with Crippen LogP contribution in [0.3, 0.4) is 0 Å². The summed E-state index contributed by atoms with van der Waals surface area (Å²) in [4.78, 5) is 28.1. The van der Waals surface area contributed by atoms with Gasteiger partial charge in [-0.05, 0) is 49.2 Å². The number of hydrogen-bond acceptors (Lipinski definition) is 6. The molecule has 0 aliphatic carbocycles. The quantitative estimate of drug-likeness (QED) is 0.280. The van der Waals surface area contributed by atoms with E-state index in [9.17, 15) is 9.59 Å². The van der Waals surface area contributed by atoms with Crippen LogP contribution in [0.1, 0.15) is 21.6 Å². The minimum absolute atomic E-state index is 0.240. The molecule has 0 bridgehead atoms. The van der Waals surface area contributed by atoms with Gasteiger partial charge in [-0.2, -0.15) is 0 Å². The van der Waals surface area contributed by atoms with Gasteiger partial charge in [-0.1, -0.05) is 17.7 Å². The van der Waals surface area contributed by atoms with Crippen molar-refractivity contribution in [2.75, 3.05) is 23.5 Å². The molecule has 0 radical (unpaired) electrons. The van der Waals surface area contributed by atoms with Crippen LogP contribution in [0.25, 0.3) is 0 Å². The molecule has 0 spiro atoms. The summed E-state index contributed by atoms with van der Waals surface area (Å²) in [7, 11) is 1.53. The van der Waals surface area contributed by atoms with Crippen LogP contribution in [0.2, 0.25) is 5.02 Å². The van der Waals surface area contributed by atoms with Crippen molar-refractivity contribution in [1.29, 1.82) is 0 Å². The van der Waals surface area contributed by atoms with E-state index in [1.807, 2.05) is 19.9 Å². The number of nitrogens with one attached hydrogen (secondary N) is 4. The lowest BCUT2D eigenvalue weighted by molar-refractivity contribution is 0.0958. The van der Waals surface area contributed by atoms with E-state index in [0.29, 0.717) is 33.6 Å². The number of nitrogens with zero attached hydrogens (tertiary/aromatic N) is 1. The van der Waals surface area contributed by atoms with Crippen molar-refractivity contribution in [2.45, 2.75) is 13.8 Å². The molecule has 166 valence electrons. The predicted molar refractivity (Wildman–Crippen MR) is 125 cm³/mol. The first-order valence-electron chi connectivity index (χ1n) is 9.62. The van der Waals surface area contributed by atoms with Gasteiger partial charge in [-0.15, -0.1) is 0 Å². The monoisotopic (exact) mass is 454 g/mol. The zero-order chi connectivity index (χ0) is 23.3. The highest BCUT2D eigenvalue weighted by molar-refractivity contribution is 6.31. The highest BCUT2D eigenvalue weighted by Crippen LogP contribution is 2.28. The van der Waals surface area contributed by atoms with Gasteiger partial charge in [0.1, 0.15) is 17.2 Å². The number of amides is 3. The second-order valence-corrected chi connectivity index (χ2v) is 7.33. The Morgan fingerprint density at radius 2 is 1.75 bits per heavy atom. The topological polar surface area (TPSA) is 130 Å². The molecule has 3 aromatic rings. The van der Waals surface area contributed by atoms with E-state index >= 15 is 0 Å². The lowest BCUT2D eigenvalue weighted by atomic mass is 10.2. The molecule has 0 aliphatic rings. The molecule has 10 heteroatoms. The number of ether oxygens (including phenoxy) is 1. The highest BCUT2D eigenvalue weighted by Gasteiger charge is 2.10. The highest BCUT2D eigenvalue weighted by atomic mass is 35.5. The Kier molecular flexibility index (Phi) is 7.01. The number of hydrazine groups is 1. The molecular weight excluding hydrogens is 432 g/mol. The number of urea groups is 1. The SMILES string of the molecule is CNC(=O)c1cc(Oc2ccc(C)c(NNC(=O)Nc3cc(Cl)c(C)cc3N)c2)ccn1. The van der Waals surface area contributed by atoms with Gasteiger partial charge in [0, 0.05) is 30.4 Å². The molecule has 9 nitrogen and oxygen atoms in total. The Balaban J connectivity index is 1.67. The first-order chi connectivity index (χ1) is 15.3. The van der Waals surface area contributed by atoms with Gasteiger partial charge in [0.05, 0.1) is 17.1 Å². The van der Waals surface area contributed by atoms with Crippen LogP contribution < -0.4 is 32.0 Å². The Hall–Kier alpha value is -3.98. The summed E-state index contributed by atoms with van der Waals surface area (Å²) in [5, 5.41) is 5.66. The van der Waals surface area contributed by atoms with E-state index in [-0.39, 0.29) is 11.6 Å². The van der Waals surface area contributed by atoms with E-state index < -0.39 is 6.03 Å². The maximum atomic E-state index is 12.3. The number of carbonyl (C=O) groups excluding carboxylic acids is 2. The Morgan fingerprint density at radius 1 is 1.00 bits per heavy atom. The molecule has 1 aromatic heterocycles. The van der Waals surface area contributed by atoms with Gasteiger partial charge < -0.3 is 21.1 Å². The third-order valence-electron chi connectivity index (χ3n) is 4.53. The number of pyridine rings is 1. The molecule has 0 fully saturated rings. The van der Waals surface area contributed by atoms with Crippen molar-refractivity contribution in [3.05, 3.63) is 70.5 Å². The van der Waals surface area contributed by atoms with E-state index in [0.717, 1.165) is 11.1 Å². The zero-order valence-corrected chi connectivity index (χ0v) is 18.5. The minimum Gasteiger partial charge on any atom is -0.457 e. The van der Waals surface area contributed by atoms with Crippen LogP contribution in [-0.4, -0.2) is 24.0 Å². The summed E-state index contributed by atoms with van der Waals surface area (Å²) in [6.07, 6.45) is 1.49. The molecule has 2 aromatic carbocycles. The molecule has 0 unspecified atom stereocenters. The number of rotatable bonds is 6. The van der Waals surface area contributed by atoms with Crippen LogP contribution >= 0.6 is 11.6 Å². The number of nitrogen functional groups attached to an aromatic ring is 1. The first-order valence-corrected chi connectivity index (χ1v) is 10.00. The molecule has 0 atom stereocenters. The average molecular weight is 455 g/mol. The summed E-state index contributed by atoms with van der Waals surface area (Å²) in [6, 6.07) is 11.2. The lowest BCUT2D eigenvalue weighted by Crippen LogP contribution is -2.34. The van der Waals surface area contributed by atoms with Crippen molar-refractivity contribution in [3.63, 3.8) is 0 Å². The van der Waals surface area contributed by atoms with Gasteiger partial charge in [0.25, 0.3) is 5.91 Å². The minimum atomic E-state index is -0.522. The summed E-state index contributed by atoms with van der Waals surface area (Å²) >= 11 is 6.10. The van der Waals surface area contributed by atoms with Gasteiger partial charge in [-0.3, -0.25) is 20.6 Å². The van der Waals surface area contributed by atoms with Gasteiger partial charge in [0.15, 0.2) is 0 Å². The Bertz CT molecular complexity index is 1170. The number of anilines is 3. The van der Waals surface area contributed by atoms with Crippen molar-refractivity contribution >= 4 is 40.6 Å². The standard InChI is InChI=1S/C22H23ClN6O3/c1-12-4-5-14(32-15-6-7-26-20(10-15)21(30)25-3)9-18(12)28-29-22(31)27-19-11-16(23)13(2)8-17(19)24/h4-11,28H,24H2,1-3H3,(H,25,30)(H2,27,29,31). The van der Waals surface area contributed by atoms with Gasteiger partial charge in [0.2, 0.25) is 0 Å². The fraction of sp³-hybridized carbons (Fsp3) is 0.136. The molecule has 0 aliphatic heterocycles. The molecule has 0 saturated heterocycles. The van der Waals surface area contributed by atoms with E-state index in [4.69, 9.17) is 22.1 Å². The maximum Gasteiger partial charge on any atom is 0.337 e. The van der Waals surface area contributed by atoms with Crippen LogP contribution in [-0.2, 0) is 0 Å². The smallest absolute Gasteiger partial charge is 0.337 e. The third-order valence-corrected chi connectivity index (χ3v) is 4.93. The Morgan fingerprint density at radius 3 is 2.50 bits per heavy atom. The summed E-state index contributed by atoms with van der Waals surface area (Å²) in [5.74, 6) is 0.641. The number of halogens is 1. The van der Waals surface area contributed by atoms with Crippen LogP contribution in [0.5, 0.6) is 11.5 Å². The van der Waals surface area contributed by atoms with E-state index in [2.05, 4.69) is 26.5 Å². The van der Waals surface area contributed by atoms with Crippen LogP contribution in [0.4, 0.5) is 21.9 Å². The second-order valence-electron chi connectivity index (χ2n) is 6.93. The fourth-order valence-corrected chi connectivity index (χ4v) is 2.92. The first kappa shape index (κ1) is 22.7. The predicted octanol–water partition coefficient (Wildman–Crippen LogP) is 4.23. The largest absolute Gasteiger partial charge is 0.457 e. The number of hydrogen-bond donors (Lipinski definition) is 5. The van der Waals surface area contributed by atoms with Crippen LogP contribution in [0.15, 0.2) is 48.7 Å². The summed E-state index contributed by atoms with van der Waals surface area (Å²) in [6.45, 7) is 3.70. The maximum absolute atomic E-state index is 12.3. The molecule has 1 heterocycles. The van der Waals surface area contributed by atoms with Crippen molar-refractivity contribution in [2.24, 2.45) is 0 Å². The zero-order valence-electron chi connectivity index (χ0n) is 17.7. The summed E-state index contributed by atoms with van der Waals surface area (Å²) < 4.78 is 5.83. The summed E-state index contributed by atoms with van der Waals surface area (Å²) in [5.41, 5.74) is 14.7. The Labute approximate surface area is 190 Å². The number of benzene rings is 2. The van der Waals surface area contributed by atoms with Crippen LogP contribution in [0, 0.1) is 13.8 Å². The number of aryl methyl sites for hydroxylation is 2. The van der Waals surface area contributed by atoms with E-state index in [1.165, 1.54) is 19.3 Å². The fourth-order valence-electron chi connectivity index (χ4n) is 2.75. The molecule has 3 amide bonds. The number of aromatic nitrogens is 1. The molecular formula is C22H23ClN6O3. The third kappa shape index (κ3) is 5.58. The van der Waals surface area contributed by atoms with Crippen molar-refractivity contribution in [1.82, 2.24) is 15.7 Å². The molecule has 3 rings (SSSR count). The van der Waals surface area contributed by atoms with Gasteiger partial charge in [-0.25, -0.2) is 4.79 Å².